The van der Waals surface area contributed by atoms with Crippen LogP contribution >= 0.6 is 23.2 Å². The third-order valence-corrected chi connectivity index (χ3v) is 4.16. The Labute approximate surface area is 117 Å². The first-order valence-corrected chi connectivity index (χ1v) is 7.43. The second-order valence-corrected chi connectivity index (χ2v) is 5.72. The number of benzene rings is 1. The van der Waals surface area contributed by atoms with Crippen LogP contribution in [-0.2, 0) is 6.42 Å². The van der Waals surface area contributed by atoms with Crippen LogP contribution in [0.1, 0.15) is 37.5 Å². The van der Waals surface area contributed by atoms with Gasteiger partial charge in [-0.2, -0.15) is 0 Å². The Morgan fingerprint density at radius 2 is 2.06 bits per heavy atom. The van der Waals surface area contributed by atoms with E-state index in [-0.39, 0.29) is 0 Å². The van der Waals surface area contributed by atoms with Crippen molar-refractivity contribution in [3.05, 3.63) is 29.0 Å². The predicted octanol–water partition coefficient (Wildman–Crippen LogP) is 4.59. The maximum Gasteiger partial charge on any atom is 0.111 e. The van der Waals surface area contributed by atoms with Crippen LogP contribution in [0.2, 0.25) is 5.02 Å². The minimum atomic E-state index is 0.592. The molecule has 96 valence electrons. The quantitative estimate of drug-likeness (QED) is 0.753. The molecule has 1 aliphatic rings. The molecule has 3 rings (SSSR count). The molecule has 1 aromatic heterocycles. The number of halogens is 2. The van der Waals surface area contributed by atoms with E-state index in [0.717, 1.165) is 22.8 Å². The van der Waals surface area contributed by atoms with Crippen molar-refractivity contribution in [2.75, 3.05) is 5.88 Å². The molecule has 2 nitrogen and oxygen atoms in total. The van der Waals surface area contributed by atoms with E-state index in [0.29, 0.717) is 11.9 Å². The summed E-state index contributed by atoms with van der Waals surface area (Å²) in [6.45, 7) is 0. The average molecular weight is 283 g/mol. The van der Waals surface area contributed by atoms with Crippen LogP contribution in [0.5, 0.6) is 0 Å². The molecule has 18 heavy (non-hydrogen) atoms. The van der Waals surface area contributed by atoms with Crippen LogP contribution in [0.3, 0.4) is 0 Å². The molecule has 1 heterocycles. The Morgan fingerprint density at radius 3 is 2.78 bits per heavy atom. The molecular formula is C14H16Cl2N2. The van der Waals surface area contributed by atoms with Gasteiger partial charge in [0.1, 0.15) is 5.82 Å². The minimum absolute atomic E-state index is 0.592. The first-order chi connectivity index (χ1) is 8.79. The van der Waals surface area contributed by atoms with Gasteiger partial charge in [0.25, 0.3) is 0 Å². The molecule has 0 N–H and O–H groups in total. The van der Waals surface area contributed by atoms with Crippen molar-refractivity contribution in [2.24, 2.45) is 0 Å². The van der Waals surface area contributed by atoms with Gasteiger partial charge in [0, 0.05) is 23.4 Å². The van der Waals surface area contributed by atoms with Crippen LogP contribution in [0.4, 0.5) is 0 Å². The minimum Gasteiger partial charge on any atom is -0.325 e. The Balaban J connectivity index is 2.14. The second-order valence-electron chi connectivity index (χ2n) is 4.91. The van der Waals surface area contributed by atoms with Crippen LogP contribution in [0.25, 0.3) is 11.0 Å². The lowest BCUT2D eigenvalue weighted by Gasteiger charge is -2.15. The monoisotopic (exact) mass is 282 g/mol. The van der Waals surface area contributed by atoms with E-state index in [2.05, 4.69) is 10.6 Å². The molecular weight excluding hydrogens is 267 g/mol. The van der Waals surface area contributed by atoms with Crippen molar-refractivity contribution in [1.82, 2.24) is 9.55 Å². The maximum atomic E-state index is 6.04. The van der Waals surface area contributed by atoms with Gasteiger partial charge in [0.15, 0.2) is 0 Å². The number of aryl methyl sites for hydroxylation is 1. The third kappa shape index (κ3) is 2.12. The maximum absolute atomic E-state index is 6.04. The number of aromatic nitrogens is 2. The normalized spacial score (nSPS) is 16.8. The molecule has 0 amide bonds. The van der Waals surface area contributed by atoms with E-state index in [9.17, 15) is 0 Å². The molecule has 1 aliphatic carbocycles. The molecule has 0 spiro atoms. The van der Waals surface area contributed by atoms with Crippen molar-refractivity contribution < 1.29 is 0 Å². The molecule has 2 aromatic rings. The number of hydrogen-bond acceptors (Lipinski definition) is 1. The summed E-state index contributed by atoms with van der Waals surface area (Å²) in [5.41, 5.74) is 2.20. The van der Waals surface area contributed by atoms with Gasteiger partial charge in [-0.15, -0.1) is 11.6 Å². The molecule has 0 atom stereocenters. The van der Waals surface area contributed by atoms with Crippen LogP contribution in [0, 0.1) is 0 Å². The summed E-state index contributed by atoms with van der Waals surface area (Å²) in [6, 6.07) is 6.57. The smallest absolute Gasteiger partial charge is 0.111 e. The lowest BCUT2D eigenvalue weighted by atomic mass is 10.2. The predicted molar refractivity (Wildman–Crippen MR) is 76.7 cm³/mol. The number of hydrogen-bond donors (Lipinski definition) is 0. The fourth-order valence-electron chi connectivity index (χ4n) is 2.95. The van der Waals surface area contributed by atoms with Crippen molar-refractivity contribution in [2.45, 2.75) is 38.1 Å². The van der Waals surface area contributed by atoms with Gasteiger partial charge in [-0.3, -0.25) is 0 Å². The first kappa shape index (κ1) is 12.3. The number of rotatable bonds is 3. The highest BCUT2D eigenvalue weighted by molar-refractivity contribution is 6.31. The Kier molecular flexibility index (Phi) is 3.49. The van der Waals surface area contributed by atoms with Gasteiger partial charge in [-0.05, 0) is 31.0 Å². The zero-order chi connectivity index (χ0) is 12.5. The third-order valence-electron chi connectivity index (χ3n) is 3.73. The highest BCUT2D eigenvalue weighted by Crippen LogP contribution is 2.34. The van der Waals surface area contributed by atoms with E-state index in [4.69, 9.17) is 28.2 Å². The highest BCUT2D eigenvalue weighted by Gasteiger charge is 2.22. The van der Waals surface area contributed by atoms with Crippen molar-refractivity contribution in [3.63, 3.8) is 0 Å². The van der Waals surface area contributed by atoms with Crippen molar-refractivity contribution in [1.29, 1.82) is 0 Å². The zero-order valence-corrected chi connectivity index (χ0v) is 11.7. The summed E-state index contributed by atoms with van der Waals surface area (Å²) in [5.74, 6) is 1.72. The summed E-state index contributed by atoms with van der Waals surface area (Å²) in [7, 11) is 0. The van der Waals surface area contributed by atoms with Crippen LogP contribution < -0.4 is 0 Å². The molecule has 1 aromatic carbocycles. The number of imidazole rings is 1. The molecule has 0 saturated heterocycles. The first-order valence-electron chi connectivity index (χ1n) is 6.52. The van der Waals surface area contributed by atoms with Gasteiger partial charge in [0.05, 0.1) is 11.0 Å². The molecule has 0 radical (unpaired) electrons. The fourth-order valence-corrected chi connectivity index (χ4v) is 3.29. The fraction of sp³-hybridized carbons (Fsp3) is 0.500. The van der Waals surface area contributed by atoms with Gasteiger partial charge in [-0.25, -0.2) is 4.98 Å². The van der Waals surface area contributed by atoms with E-state index < -0.39 is 0 Å². The summed E-state index contributed by atoms with van der Waals surface area (Å²) in [5, 5.41) is 0.746. The zero-order valence-electron chi connectivity index (χ0n) is 10.2. The lowest BCUT2D eigenvalue weighted by Crippen LogP contribution is -2.09. The number of nitrogens with zero attached hydrogens (tertiary/aromatic N) is 2. The summed E-state index contributed by atoms with van der Waals surface area (Å²) >= 11 is 11.9. The Hall–Kier alpha value is -0.730. The summed E-state index contributed by atoms with van der Waals surface area (Å²) in [6.07, 6.45) is 5.97. The van der Waals surface area contributed by atoms with Gasteiger partial charge < -0.3 is 4.57 Å². The second kappa shape index (κ2) is 5.10. The van der Waals surface area contributed by atoms with E-state index in [1.54, 1.807) is 0 Å². The number of alkyl halides is 1. The summed E-state index contributed by atoms with van der Waals surface area (Å²) < 4.78 is 2.39. The van der Waals surface area contributed by atoms with Gasteiger partial charge in [0.2, 0.25) is 0 Å². The van der Waals surface area contributed by atoms with E-state index in [1.165, 1.54) is 31.2 Å². The molecule has 4 heteroatoms. The van der Waals surface area contributed by atoms with E-state index in [1.807, 2.05) is 12.1 Å². The lowest BCUT2D eigenvalue weighted by molar-refractivity contribution is 0.513. The molecule has 1 saturated carbocycles. The average Bonchev–Trinajstić information content (AvgIpc) is 2.95. The van der Waals surface area contributed by atoms with Crippen LogP contribution in [0.15, 0.2) is 18.2 Å². The van der Waals surface area contributed by atoms with Crippen LogP contribution in [-0.4, -0.2) is 15.4 Å². The van der Waals surface area contributed by atoms with Gasteiger partial charge in [-0.1, -0.05) is 24.4 Å². The van der Waals surface area contributed by atoms with Crippen molar-refractivity contribution in [3.8, 4) is 0 Å². The largest absolute Gasteiger partial charge is 0.325 e. The standard InChI is InChI=1S/C14H16Cl2N2/c15-8-7-14-17-12-9-10(16)5-6-13(12)18(14)11-3-1-2-4-11/h5-6,9,11H,1-4,7-8H2. The molecule has 0 aliphatic heterocycles. The number of fused-ring (bicyclic) bond motifs is 1. The Bertz CT molecular complexity index is 556. The van der Waals surface area contributed by atoms with E-state index >= 15 is 0 Å². The highest BCUT2D eigenvalue weighted by atomic mass is 35.5. The molecule has 0 bridgehead atoms. The summed E-state index contributed by atoms with van der Waals surface area (Å²) in [4.78, 5) is 4.70. The Morgan fingerprint density at radius 1 is 1.28 bits per heavy atom. The van der Waals surface area contributed by atoms with Crippen molar-refractivity contribution >= 4 is 34.2 Å². The molecule has 0 unspecified atom stereocenters. The van der Waals surface area contributed by atoms with Gasteiger partial charge >= 0.3 is 0 Å². The SMILES string of the molecule is ClCCc1nc2cc(Cl)ccc2n1C1CCCC1. The topological polar surface area (TPSA) is 17.8 Å². The molecule has 1 fully saturated rings.